The molecule has 1 N–H and O–H groups in total. The summed E-state index contributed by atoms with van der Waals surface area (Å²) in [5.74, 6) is 1.35. The van der Waals surface area contributed by atoms with Crippen molar-refractivity contribution >= 4 is 15.9 Å². The standard InChI is InChI=1S/C17H19BrN2/c1-2-20-17(13-8-14(18)11-19-10-13)16-9-15(16)12-6-4-3-5-7-12/h3-8,10-11,15-17,20H,2,9H2,1H3. The lowest BCUT2D eigenvalue weighted by Crippen LogP contribution is -2.23. The quantitative estimate of drug-likeness (QED) is 0.884. The Hall–Kier alpha value is -1.19. The van der Waals surface area contributed by atoms with E-state index in [9.17, 15) is 0 Å². The minimum absolute atomic E-state index is 0.398. The van der Waals surface area contributed by atoms with Crippen molar-refractivity contribution in [1.29, 1.82) is 0 Å². The van der Waals surface area contributed by atoms with Crippen LogP contribution in [0.1, 0.15) is 36.4 Å². The molecule has 1 aromatic carbocycles. The van der Waals surface area contributed by atoms with Gasteiger partial charge in [0.1, 0.15) is 0 Å². The summed E-state index contributed by atoms with van der Waals surface area (Å²) in [7, 11) is 0. The number of halogens is 1. The summed E-state index contributed by atoms with van der Waals surface area (Å²) >= 11 is 3.52. The molecule has 2 nitrogen and oxygen atoms in total. The van der Waals surface area contributed by atoms with E-state index in [0.29, 0.717) is 17.9 Å². The van der Waals surface area contributed by atoms with Crippen LogP contribution in [0.25, 0.3) is 0 Å². The molecule has 0 amide bonds. The van der Waals surface area contributed by atoms with E-state index in [2.05, 4.69) is 69.6 Å². The number of nitrogens with one attached hydrogen (secondary N) is 1. The molecule has 3 rings (SSSR count). The first-order chi connectivity index (χ1) is 9.79. The van der Waals surface area contributed by atoms with Crippen LogP contribution in [0.15, 0.2) is 53.3 Å². The molecule has 1 heterocycles. The number of aromatic nitrogens is 1. The van der Waals surface area contributed by atoms with Gasteiger partial charge in [0, 0.05) is 22.9 Å². The topological polar surface area (TPSA) is 24.9 Å². The highest BCUT2D eigenvalue weighted by Gasteiger charge is 2.44. The van der Waals surface area contributed by atoms with Gasteiger partial charge < -0.3 is 5.32 Å². The smallest absolute Gasteiger partial charge is 0.0410 e. The van der Waals surface area contributed by atoms with Crippen molar-refractivity contribution in [2.24, 2.45) is 5.92 Å². The Morgan fingerprint density at radius 3 is 2.80 bits per heavy atom. The van der Waals surface area contributed by atoms with E-state index in [-0.39, 0.29) is 0 Å². The summed E-state index contributed by atoms with van der Waals surface area (Å²) in [6.07, 6.45) is 5.08. The molecule has 1 fully saturated rings. The summed E-state index contributed by atoms with van der Waals surface area (Å²) in [5, 5.41) is 3.63. The summed E-state index contributed by atoms with van der Waals surface area (Å²) in [6.45, 7) is 3.15. The van der Waals surface area contributed by atoms with Gasteiger partial charge in [0.15, 0.2) is 0 Å². The first-order valence-corrected chi connectivity index (χ1v) is 7.97. The average molecular weight is 331 g/mol. The Morgan fingerprint density at radius 1 is 1.30 bits per heavy atom. The predicted octanol–water partition coefficient (Wildman–Crippen LogP) is 4.30. The van der Waals surface area contributed by atoms with Crippen molar-refractivity contribution in [3.8, 4) is 0 Å². The Bertz CT molecular complexity index is 570. The molecular formula is C17H19BrN2. The third-order valence-corrected chi connectivity index (χ3v) is 4.44. The van der Waals surface area contributed by atoms with Crippen LogP contribution >= 0.6 is 15.9 Å². The Morgan fingerprint density at radius 2 is 2.10 bits per heavy atom. The van der Waals surface area contributed by atoms with Gasteiger partial charge in [-0.25, -0.2) is 0 Å². The molecule has 2 aromatic rings. The van der Waals surface area contributed by atoms with Gasteiger partial charge in [-0.3, -0.25) is 4.98 Å². The Kier molecular flexibility index (Phi) is 4.18. The van der Waals surface area contributed by atoms with Crippen molar-refractivity contribution in [2.75, 3.05) is 6.54 Å². The number of rotatable bonds is 5. The minimum atomic E-state index is 0.398. The molecule has 0 radical (unpaired) electrons. The van der Waals surface area contributed by atoms with Crippen LogP contribution in [0.5, 0.6) is 0 Å². The third kappa shape index (κ3) is 2.94. The maximum atomic E-state index is 4.31. The predicted molar refractivity (Wildman–Crippen MR) is 85.6 cm³/mol. The van der Waals surface area contributed by atoms with Crippen LogP contribution in [-0.2, 0) is 0 Å². The molecule has 0 bridgehead atoms. The summed E-state index contributed by atoms with van der Waals surface area (Å²) in [6, 6.07) is 13.4. The molecule has 1 saturated carbocycles. The van der Waals surface area contributed by atoms with E-state index >= 15 is 0 Å². The average Bonchev–Trinajstić information content (AvgIpc) is 3.26. The van der Waals surface area contributed by atoms with Crippen molar-refractivity contribution in [3.63, 3.8) is 0 Å². The SMILES string of the molecule is CCNC(c1cncc(Br)c1)C1CC1c1ccccc1. The molecule has 104 valence electrons. The van der Waals surface area contributed by atoms with E-state index in [0.717, 1.165) is 11.0 Å². The zero-order valence-corrected chi connectivity index (χ0v) is 13.2. The Labute approximate surface area is 128 Å². The van der Waals surface area contributed by atoms with Crippen LogP contribution in [-0.4, -0.2) is 11.5 Å². The number of benzene rings is 1. The number of hydrogen-bond acceptors (Lipinski definition) is 2. The molecule has 1 aromatic heterocycles. The lowest BCUT2D eigenvalue weighted by molar-refractivity contribution is 0.485. The largest absolute Gasteiger partial charge is 0.310 e. The monoisotopic (exact) mass is 330 g/mol. The van der Waals surface area contributed by atoms with Crippen molar-refractivity contribution in [2.45, 2.75) is 25.3 Å². The first kappa shape index (κ1) is 13.8. The lowest BCUT2D eigenvalue weighted by Gasteiger charge is -2.18. The van der Waals surface area contributed by atoms with Gasteiger partial charge in [-0.15, -0.1) is 0 Å². The molecule has 0 aliphatic heterocycles. The highest BCUT2D eigenvalue weighted by molar-refractivity contribution is 9.10. The van der Waals surface area contributed by atoms with Crippen LogP contribution in [0, 0.1) is 5.92 Å². The third-order valence-electron chi connectivity index (χ3n) is 4.00. The van der Waals surface area contributed by atoms with E-state index < -0.39 is 0 Å². The number of pyridine rings is 1. The highest BCUT2D eigenvalue weighted by atomic mass is 79.9. The van der Waals surface area contributed by atoms with Gasteiger partial charge >= 0.3 is 0 Å². The fourth-order valence-electron chi connectivity index (χ4n) is 3.00. The number of nitrogens with zero attached hydrogens (tertiary/aromatic N) is 1. The molecule has 1 aliphatic carbocycles. The zero-order valence-electron chi connectivity index (χ0n) is 11.6. The maximum Gasteiger partial charge on any atom is 0.0410 e. The van der Waals surface area contributed by atoms with E-state index in [1.165, 1.54) is 17.5 Å². The van der Waals surface area contributed by atoms with Crippen molar-refractivity contribution in [1.82, 2.24) is 10.3 Å². The second-order valence-corrected chi connectivity index (χ2v) is 6.30. The van der Waals surface area contributed by atoms with Gasteiger partial charge in [-0.2, -0.15) is 0 Å². The highest BCUT2D eigenvalue weighted by Crippen LogP contribution is 2.54. The van der Waals surface area contributed by atoms with E-state index in [1.54, 1.807) is 0 Å². The van der Waals surface area contributed by atoms with Gasteiger partial charge in [0.25, 0.3) is 0 Å². The second-order valence-electron chi connectivity index (χ2n) is 5.39. The summed E-state index contributed by atoms with van der Waals surface area (Å²) in [4.78, 5) is 4.31. The molecule has 0 saturated heterocycles. The molecular weight excluding hydrogens is 312 g/mol. The minimum Gasteiger partial charge on any atom is -0.310 e. The van der Waals surface area contributed by atoms with E-state index in [4.69, 9.17) is 0 Å². The molecule has 3 atom stereocenters. The van der Waals surface area contributed by atoms with Crippen LogP contribution < -0.4 is 5.32 Å². The molecule has 0 spiro atoms. The van der Waals surface area contributed by atoms with Crippen LogP contribution in [0.3, 0.4) is 0 Å². The first-order valence-electron chi connectivity index (χ1n) is 7.18. The molecule has 3 heteroatoms. The van der Waals surface area contributed by atoms with Gasteiger partial charge in [-0.05, 0) is 57.9 Å². The number of hydrogen-bond donors (Lipinski definition) is 1. The lowest BCUT2D eigenvalue weighted by atomic mass is 10.00. The normalized spacial score (nSPS) is 22.5. The zero-order chi connectivity index (χ0) is 13.9. The maximum absolute atomic E-state index is 4.31. The van der Waals surface area contributed by atoms with Gasteiger partial charge in [0.2, 0.25) is 0 Å². The van der Waals surface area contributed by atoms with Gasteiger partial charge in [-0.1, -0.05) is 37.3 Å². The molecule has 3 unspecified atom stereocenters. The summed E-state index contributed by atoms with van der Waals surface area (Å²) < 4.78 is 1.05. The van der Waals surface area contributed by atoms with Crippen molar-refractivity contribution in [3.05, 3.63) is 64.4 Å². The van der Waals surface area contributed by atoms with Crippen molar-refractivity contribution < 1.29 is 0 Å². The summed E-state index contributed by atoms with van der Waals surface area (Å²) in [5.41, 5.74) is 2.74. The van der Waals surface area contributed by atoms with E-state index in [1.807, 2.05) is 12.4 Å². The second kappa shape index (κ2) is 6.06. The molecule has 1 aliphatic rings. The molecule has 20 heavy (non-hydrogen) atoms. The fraction of sp³-hybridized carbons (Fsp3) is 0.353. The van der Waals surface area contributed by atoms with Gasteiger partial charge in [0.05, 0.1) is 0 Å². The van der Waals surface area contributed by atoms with Crippen LogP contribution in [0.2, 0.25) is 0 Å². The Balaban J connectivity index is 1.80. The fourth-order valence-corrected chi connectivity index (χ4v) is 3.38. The van der Waals surface area contributed by atoms with Crippen LogP contribution in [0.4, 0.5) is 0 Å².